The maximum Gasteiger partial charge on any atom is 0.323 e. The highest BCUT2D eigenvalue weighted by Crippen LogP contribution is 2.33. The van der Waals surface area contributed by atoms with Gasteiger partial charge in [-0.2, -0.15) is 0 Å². The normalized spacial score (nSPS) is 14.0. The van der Waals surface area contributed by atoms with Crippen LogP contribution in [-0.4, -0.2) is 24.3 Å². The zero-order valence-electron chi connectivity index (χ0n) is 12.1. The van der Waals surface area contributed by atoms with E-state index in [0.29, 0.717) is 28.3 Å². The summed E-state index contributed by atoms with van der Waals surface area (Å²) >= 11 is 1.60. The third-order valence-corrected chi connectivity index (χ3v) is 6.02. The van der Waals surface area contributed by atoms with E-state index in [1.807, 2.05) is 4.72 Å². The van der Waals surface area contributed by atoms with Gasteiger partial charge in [0, 0.05) is 11.3 Å². The predicted molar refractivity (Wildman–Crippen MR) is 87.3 cm³/mol. The van der Waals surface area contributed by atoms with E-state index in [0.717, 1.165) is 5.56 Å². The van der Waals surface area contributed by atoms with Crippen LogP contribution >= 0.6 is 11.8 Å². The second-order valence-corrected chi connectivity index (χ2v) is 7.93. The smallest absolute Gasteiger partial charge is 0.323 e. The molecule has 1 aromatic carbocycles. The summed E-state index contributed by atoms with van der Waals surface area (Å²) in [5.41, 5.74) is 1.36. The zero-order chi connectivity index (χ0) is 16.9. The molecule has 0 aliphatic carbocycles. The molecule has 0 fully saturated rings. The van der Waals surface area contributed by atoms with Gasteiger partial charge < -0.3 is 14.4 Å². The second-order valence-electron chi connectivity index (χ2n) is 5.27. The number of rotatable bonds is 3. The predicted octanol–water partition coefficient (Wildman–Crippen LogP) is 1.31. The molecule has 0 saturated carbocycles. The Hall–Kier alpha value is -2.46. The van der Waals surface area contributed by atoms with Crippen molar-refractivity contribution in [2.24, 2.45) is 0 Å². The summed E-state index contributed by atoms with van der Waals surface area (Å²) < 4.78 is 32.2. The Morgan fingerprint density at radius 3 is 2.83 bits per heavy atom. The zero-order valence-corrected chi connectivity index (χ0v) is 13.7. The highest BCUT2D eigenvalue weighted by molar-refractivity contribution is 7.98. The number of hydrogen-bond donors (Lipinski definition) is 3. The van der Waals surface area contributed by atoms with E-state index >= 15 is 0 Å². The number of imidazole rings is 1. The number of hydrogen-bond acceptors (Lipinski definition) is 6. The van der Waals surface area contributed by atoms with Gasteiger partial charge in [-0.15, -0.1) is 11.8 Å². The molecule has 0 spiro atoms. The Kier molecular flexibility index (Phi) is 3.32. The fraction of sp³-hybridized carbons (Fsp3) is 0.143. The standard InChI is InChI=1S/C14H11N3O5S2/c18-13(8-4-22-12-6-23-5-9(8)12)17-24(20,21)7-1-2-10-11(3-7)16-14(19)15-10/h1-4H,5-6H2,(H,17,18)(H2,15,16,19). The van der Waals surface area contributed by atoms with E-state index in [2.05, 4.69) is 9.97 Å². The van der Waals surface area contributed by atoms with Crippen molar-refractivity contribution in [2.45, 2.75) is 16.4 Å². The monoisotopic (exact) mass is 365 g/mol. The van der Waals surface area contributed by atoms with Crippen LogP contribution in [0.2, 0.25) is 0 Å². The van der Waals surface area contributed by atoms with Gasteiger partial charge in [-0.1, -0.05) is 0 Å². The van der Waals surface area contributed by atoms with Crippen molar-refractivity contribution in [2.75, 3.05) is 0 Å². The van der Waals surface area contributed by atoms with E-state index in [4.69, 9.17) is 4.42 Å². The number of thioether (sulfide) groups is 1. The SMILES string of the molecule is O=C(NS(=O)(=O)c1ccc2[nH]c(=O)[nH]c2c1)c1coc2c1CSC2. The molecule has 0 atom stereocenters. The van der Waals surface area contributed by atoms with Crippen molar-refractivity contribution < 1.29 is 17.6 Å². The van der Waals surface area contributed by atoms with Gasteiger partial charge in [-0.3, -0.25) is 4.79 Å². The number of carbonyl (C=O) groups is 1. The van der Waals surface area contributed by atoms with Gasteiger partial charge in [0.05, 0.1) is 27.2 Å². The van der Waals surface area contributed by atoms with Crippen LogP contribution in [0.15, 0.2) is 38.6 Å². The van der Waals surface area contributed by atoms with Crippen LogP contribution in [0, 0.1) is 0 Å². The molecule has 0 bridgehead atoms. The van der Waals surface area contributed by atoms with Gasteiger partial charge in [-0.05, 0) is 18.2 Å². The summed E-state index contributed by atoms with van der Waals surface area (Å²) in [7, 11) is -4.07. The van der Waals surface area contributed by atoms with Gasteiger partial charge in [0.2, 0.25) is 0 Å². The molecule has 3 heterocycles. The average molecular weight is 365 g/mol. The Bertz CT molecular complexity index is 1120. The molecule has 0 saturated heterocycles. The van der Waals surface area contributed by atoms with Crippen LogP contribution in [0.4, 0.5) is 0 Å². The van der Waals surface area contributed by atoms with E-state index in [-0.39, 0.29) is 10.5 Å². The molecule has 8 nitrogen and oxygen atoms in total. The fourth-order valence-corrected chi connectivity index (χ4v) is 4.60. The molecule has 10 heteroatoms. The Balaban J connectivity index is 1.66. The molecule has 4 rings (SSSR count). The molecule has 0 unspecified atom stereocenters. The van der Waals surface area contributed by atoms with Crippen LogP contribution in [0.1, 0.15) is 21.7 Å². The fourth-order valence-electron chi connectivity index (χ4n) is 2.55. The largest absolute Gasteiger partial charge is 0.467 e. The summed E-state index contributed by atoms with van der Waals surface area (Å²) in [4.78, 5) is 28.4. The maximum atomic E-state index is 12.4. The average Bonchev–Trinajstić information content (AvgIpc) is 3.18. The molecule has 24 heavy (non-hydrogen) atoms. The van der Waals surface area contributed by atoms with Gasteiger partial charge in [0.1, 0.15) is 12.0 Å². The first-order valence-electron chi connectivity index (χ1n) is 6.90. The Morgan fingerprint density at radius 1 is 1.21 bits per heavy atom. The summed E-state index contributed by atoms with van der Waals surface area (Å²) in [6, 6.07) is 4.06. The second kappa shape index (κ2) is 5.28. The van der Waals surface area contributed by atoms with Crippen molar-refractivity contribution in [3.8, 4) is 0 Å². The van der Waals surface area contributed by atoms with Gasteiger partial charge in [-0.25, -0.2) is 17.9 Å². The first kappa shape index (κ1) is 15.1. The van der Waals surface area contributed by atoms with Crippen molar-refractivity contribution in [1.82, 2.24) is 14.7 Å². The third-order valence-electron chi connectivity index (χ3n) is 3.73. The van der Waals surface area contributed by atoms with E-state index < -0.39 is 21.6 Å². The molecule has 124 valence electrons. The molecule has 1 aliphatic rings. The molecule has 1 aliphatic heterocycles. The molecular formula is C14H11N3O5S2. The number of fused-ring (bicyclic) bond motifs is 2. The Morgan fingerprint density at radius 2 is 2.00 bits per heavy atom. The van der Waals surface area contributed by atoms with Crippen LogP contribution in [-0.2, 0) is 21.5 Å². The van der Waals surface area contributed by atoms with Crippen LogP contribution in [0.25, 0.3) is 11.0 Å². The molecule has 2 aromatic heterocycles. The van der Waals surface area contributed by atoms with Crippen molar-refractivity contribution in [1.29, 1.82) is 0 Å². The number of carbonyl (C=O) groups excluding carboxylic acids is 1. The van der Waals surface area contributed by atoms with Crippen LogP contribution in [0.5, 0.6) is 0 Å². The summed E-state index contributed by atoms with van der Waals surface area (Å²) in [6.45, 7) is 0. The van der Waals surface area contributed by atoms with Crippen molar-refractivity contribution >= 4 is 38.7 Å². The van der Waals surface area contributed by atoms with Gasteiger partial charge in [0.25, 0.3) is 15.9 Å². The minimum atomic E-state index is -4.07. The lowest BCUT2D eigenvalue weighted by Gasteiger charge is -2.06. The first-order chi connectivity index (χ1) is 11.4. The summed E-state index contributed by atoms with van der Waals surface area (Å²) in [6.07, 6.45) is 1.28. The summed E-state index contributed by atoms with van der Waals surface area (Å²) in [5, 5.41) is 0. The first-order valence-corrected chi connectivity index (χ1v) is 9.54. The number of nitrogens with one attached hydrogen (secondary N) is 3. The third kappa shape index (κ3) is 2.43. The number of H-pyrrole nitrogens is 2. The lowest BCUT2D eigenvalue weighted by molar-refractivity contribution is 0.0980. The van der Waals surface area contributed by atoms with E-state index in [1.54, 1.807) is 11.8 Å². The highest BCUT2D eigenvalue weighted by Gasteiger charge is 2.27. The number of aromatic nitrogens is 2. The minimum Gasteiger partial charge on any atom is -0.467 e. The molecule has 1 amide bonds. The highest BCUT2D eigenvalue weighted by atomic mass is 32.2. The molecular weight excluding hydrogens is 354 g/mol. The quantitative estimate of drug-likeness (QED) is 0.643. The number of sulfonamides is 1. The summed E-state index contributed by atoms with van der Waals surface area (Å²) in [5.74, 6) is 1.26. The van der Waals surface area contributed by atoms with Crippen molar-refractivity contribution in [3.05, 3.63) is 51.8 Å². The molecule has 3 aromatic rings. The number of benzene rings is 1. The van der Waals surface area contributed by atoms with Crippen molar-refractivity contribution in [3.63, 3.8) is 0 Å². The van der Waals surface area contributed by atoms with E-state index in [1.165, 1.54) is 24.5 Å². The number of furan rings is 1. The minimum absolute atomic E-state index is 0.117. The van der Waals surface area contributed by atoms with Gasteiger partial charge in [0.15, 0.2) is 0 Å². The van der Waals surface area contributed by atoms with Crippen LogP contribution < -0.4 is 10.4 Å². The lowest BCUT2D eigenvalue weighted by Crippen LogP contribution is -2.30. The number of aromatic amines is 2. The molecule has 3 N–H and O–H groups in total. The Labute approximate surface area is 139 Å². The molecule has 0 radical (unpaired) electrons. The van der Waals surface area contributed by atoms with E-state index in [9.17, 15) is 18.0 Å². The number of amides is 1. The topological polar surface area (TPSA) is 125 Å². The lowest BCUT2D eigenvalue weighted by atomic mass is 10.2. The van der Waals surface area contributed by atoms with Gasteiger partial charge >= 0.3 is 5.69 Å². The maximum absolute atomic E-state index is 12.4. The van der Waals surface area contributed by atoms with Crippen LogP contribution in [0.3, 0.4) is 0 Å².